The molecule has 1 unspecified atom stereocenters. The van der Waals surface area contributed by atoms with Crippen LogP contribution in [-0.2, 0) is 4.79 Å². The second-order valence-electron chi connectivity index (χ2n) is 6.84. The molecule has 1 amide bonds. The van der Waals surface area contributed by atoms with Gasteiger partial charge < -0.3 is 18.9 Å². The van der Waals surface area contributed by atoms with Crippen LogP contribution in [0.2, 0.25) is 5.02 Å². The van der Waals surface area contributed by atoms with Gasteiger partial charge in [0.15, 0.2) is 17.3 Å². The van der Waals surface area contributed by atoms with E-state index in [1.165, 1.54) is 0 Å². The van der Waals surface area contributed by atoms with Gasteiger partial charge in [-0.05, 0) is 36.8 Å². The number of nitrogens with zero attached hydrogens (tertiary/aromatic N) is 3. The molecule has 0 spiro atoms. The van der Waals surface area contributed by atoms with Crippen molar-refractivity contribution in [1.29, 1.82) is 0 Å². The largest absolute Gasteiger partial charge is 0.493 e. The Hall–Kier alpha value is -3.06. The molecule has 150 valence electrons. The van der Waals surface area contributed by atoms with E-state index in [4.69, 9.17) is 25.6 Å². The van der Waals surface area contributed by atoms with Gasteiger partial charge in [-0.2, -0.15) is 4.98 Å². The third-order valence-corrected chi connectivity index (χ3v) is 5.33. The van der Waals surface area contributed by atoms with Crippen LogP contribution in [0.15, 0.2) is 40.9 Å². The van der Waals surface area contributed by atoms with Gasteiger partial charge in [0.25, 0.3) is 5.89 Å². The number of ether oxygens (including phenoxy) is 2. The molecular weight excluding hydrogens is 394 g/mol. The Kier molecular flexibility index (Phi) is 5.15. The van der Waals surface area contributed by atoms with E-state index >= 15 is 0 Å². The van der Waals surface area contributed by atoms with Crippen molar-refractivity contribution in [2.45, 2.75) is 19.3 Å². The number of rotatable bonds is 5. The van der Waals surface area contributed by atoms with Crippen molar-refractivity contribution < 1.29 is 18.8 Å². The van der Waals surface area contributed by atoms with Crippen molar-refractivity contribution in [3.8, 4) is 23.0 Å². The van der Waals surface area contributed by atoms with E-state index in [1.807, 2.05) is 25.1 Å². The summed E-state index contributed by atoms with van der Waals surface area (Å²) in [6, 6.07) is 11.0. The maximum atomic E-state index is 12.6. The lowest BCUT2D eigenvalue weighted by molar-refractivity contribution is -0.117. The molecule has 1 atom stereocenters. The molecule has 1 saturated heterocycles. The number of benzene rings is 2. The van der Waals surface area contributed by atoms with Crippen LogP contribution in [0.1, 0.15) is 23.7 Å². The molecule has 29 heavy (non-hydrogen) atoms. The number of carbonyl (C=O) groups excluding carboxylic acids is 1. The van der Waals surface area contributed by atoms with Gasteiger partial charge in [-0.3, -0.25) is 4.79 Å². The quantitative estimate of drug-likeness (QED) is 0.622. The lowest BCUT2D eigenvalue weighted by Gasteiger charge is -2.20. The molecule has 0 bridgehead atoms. The second kappa shape index (κ2) is 7.75. The Morgan fingerprint density at radius 1 is 1.17 bits per heavy atom. The number of hydrogen-bond acceptors (Lipinski definition) is 6. The first kappa shape index (κ1) is 19.3. The number of aromatic nitrogens is 2. The van der Waals surface area contributed by atoms with Crippen LogP contribution < -0.4 is 14.4 Å². The van der Waals surface area contributed by atoms with E-state index in [-0.39, 0.29) is 11.8 Å². The van der Waals surface area contributed by atoms with E-state index in [9.17, 15) is 4.79 Å². The van der Waals surface area contributed by atoms with Crippen LogP contribution in [-0.4, -0.2) is 36.8 Å². The van der Waals surface area contributed by atoms with Crippen molar-refractivity contribution in [3.63, 3.8) is 0 Å². The molecule has 2 heterocycles. The highest BCUT2D eigenvalue weighted by Gasteiger charge is 2.36. The number of anilines is 1. The molecule has 1 fully saturated rings. The third kappa shape index (κ3) is 3.53. The lowest BCUT2D eigenvalue weighted by Crippen LogP contribution is -2.25. The minimum atomic E-state index is -0.171. The van der Waals surface area contributed by atoms with E-state index in [2.05, 4.69) is 10.1 Å². The minimum Gasteiger partial charge on any atom is -0.493 e. The topological polar surface area (TPSA) is 77.7 Å². The first-order valence-electron chi connectivity index (χ1n) is 9.13. The average Bonchev–Trinajstić information content (AvgIpc) is 3.35. The number of halogens is 1. The molecule has 0 saturated carbocycles. The van der Waals surface area contributed by atoms with Crippen LogP contribution in [0.25, 0.3) is 11.5 Å². The standard InChI is InChI=1S/C21H20ClN3O4/c1-12-5-4-6-15(22)19(12)25-11-14(10-18(25)26)20-23-21(29-24-20)13-7-8-16(27-2)17(9-13)28-3/h4-9,14H,10-11H2,1-3H3. The zero-order valence-corrected chi connectivity index (χ0v) is 17.1. The fraction of sp³-hybridized carbons (Fsp3) is 0.286. The number of methoxy groups -OCH3 is 2. The first-order chi connectivity index (χ1) is 14.0. The van der Waals surface area contributed by atoms with Crippen molar-refractivity contribution in [2.24, 2.45) is 0 Å². The van der Waals surface area contributed by atoms with Crippen LogP contribution in [0.3, 0.4) is 0 Å². The van der Waals surface area contributed by atoms with Gasteiger partial charge in [0.1, 0.15) is 0 Å². The Balaban J connectivity index is 1.59. The van der Waals surface area contributed by atoms with E-state index in [0.717, 1.165) is 11.3 Å². The fourth-order valence-electron chi connectivity index (χ4n) is 3.55. The average molecular weight is 414 g/mol. The highest BCUT2D eigenvalue weighted by molar-refractivity contribution is 6.34. The molecule has 1 aromatic heterocycles. The summed E-state index contributed by atoms with van der Waals surface area (Å²) >= 11 is 6.34. The molecule has 8 heteroatoms. The Labute approximate surface area is 173 Å². The van der Waals surface area contributed by atoms with Crippen molar-refractivity contribution in [1.82, 2.24) is 10.1 Å². The maximum Gasteiger partial charge on any atom is 0.258 e. The summed E-state index contributed by atoms with van der Waals surface area (Å²) in [5.74, 6) is 1.86. The van der Waals surface area contributed by atoms with Gasteiger partial charge in [-0.15, -0.1) is 0 Å². The van der Waals surface area contributed by atoms with Crippen LogP contribution in [0, 0.1) is 6.92 Å². The van der Waals surface area contributed by atoms with Gasteiger partial charge >= 0.3 is 0 Å². The summed E-state index contributed by atoms with van der Waals surface area (Å²) in [7, 11) is 3.14. The number of aryl methyl sites for hydroxylation is 1. The molecule has 1 aliphatic rings. The predicted molar refractivity (Wildman–Crippen MR) is 109 cm³/mol. The van der Waals surface area contributed by atoms with Crippen molar-refractivity contribution in [3.05, 3.63) is 52.8 Å². The summed E-state index contributed by atoms with van der Waals surface area (Å²) in [6.07, 6.45) is 0.301. The van der Waals surface area contributed by atoms with Crippen LogP contribution in [0.5, 0.6) is 11.5 Å². The molecule has 0 aliphatic carbocycles. The van der Waals surface area contributed by atoms with Gasteiger partial charge in [-0.1, -0.05) is 28.9 Å². The van der Waals surface area contributed by atoms with E-state index < -0.39 is 0 Å². The highest BCUT2D eigenvalue weighted by Crippen LogP contribution is 2.37. The zero-order valence-electron chi connectivity index (χ0n) is 16.3. The summed E-state index contributed by atoms with van der Waals surface area (Å²) in [5.41, 5.74) is 2.40. The molecule has 1 aliphatic heterocycles. The minimum absolute atomic E-state index is 0.0105. The Bertz CT molecular complexity index is 1050. The van der Waals surface area contributed by atoms with Crippen molar-refractivity contribution in [2.75, 3.05) is 25.7 Å². The third-order valence-electron chi connectivity index (χ3n) is 5.02. The molecular formula is C21H20ClN3O4. The Morgan fingerprint density at radius 3 is 2.69 bits per heavy atom. The lowest BCUT2D eigenvalue weighted by atomic mass is 10.1. The molecule has 0 radical (unpaired) electrons. The molecule has 4 rings (SSSR count). The number of amides is 1. The van der Waals surface area contributed by atoms with Gasteiger partial charge in [0, 0.05) is 24.4 Å². The van der Waals surface area contributed by atoms with Gasteiger partial charge in [-0.25, -0.2) is 0 Å². The molecule has 2 aromatic carbocycles. The Morgan fingerprint density at radius 2 is 1.97 bits per heavy atom. The molecule has 7 nitrogen and oxygen atoms in total. The van der Waals surface area contributed by atoms with Crippen LogP contribution in [0.4, 0.5) is 5.69 Å². The molecule has 0 N–H and O–H groups in total. The van der Waals surface area contributed by atoms with Gasteiger partial charge in [0.05, 0.1) is 24.9 Å². The van der Waals surface area contributed by atoms with E-state index in [0.29, 0.717) is 46.8 Å². The van der Waals surface area contributed by atoms with Gasteiger partial charge in [0.2, 0.25) is 5.91 Å². The summed E-state index contributed by atoms with van der Waals surface area (Å²) < 4.78 is 16.0. The van der Waals surface area contributed by atoms with Crippen LogP contribution >= 0.6 is 11.6 Å². The number of hydrogen-bond donors (Lipinski definition) is 0. The fourth-order valence-corrected chi connectivity index (χ4v) is 3.87. The van der Waals surface area contributed by atoms with E-state index in [1.54, 1.807) is 37.3 Å². The SMILES string of the molecule is COc1ccc(-c2nc(C3CC(=O)N(c4c(C)cccc4Cl)C3)no2)cc1OC. The monoisotopic (exact) mass is 413 g/mol. The zero-order chi connectivity index (χ0) is 20.5. The summed E-state index contributed by atoms with van der Waals surface area (Å²) in [6.45, 7) is 2.39. The first-order valence-corrected chi connectivity index (χ1v) is 9.51. The maximum absolute atomic E-state index is 12.6. The number of para-hydroxylation sites is 1. The summed E-state index contributed by atoms with van der Waals surface area (Å²) in [4.78, 5) is 18.9. The second-order valence-corrected chi connectivity index (χ2v) is 7.25. The smallest absolute Gasteiger partial charge is 0.258 e. The highest BCUT2D eigenvalue weighted by atomic mass is 35.5. The number of carbonyl (C=O) groups is 1. The normalized spacial score (nSPS) is 16.3. The predicted octanol–water partition coefficient (Wildman–Crippen LogP) is 4.24. The molecule has 3 aromatic rings. The van der Waals surface area contributed by atoms with Crippen molar-refractivity contribution >= 4 is 23.2 Å². The summed E-state index contributed by atoms with van der Waals surface area (Å²) in [5, 5.41) is 4.66.